The van der Waals surface area contributed by atoms with Crippen molar-refractivity contribution in [2.24, 2.45) is 0 Å². The average molecular weight is 354 g/mol. The summed E-state index contributed by atoms with van der Waals surface area (Å²) in [5.74, 6) is 3.84. The molecule has 0 fully saturated rings. The first kappa shape index (κ1) is 18.5. The van der Waals surface area contributed by atoms with Gasteiger partial charge < -0.3 is 15.2 Å². The monoisotopic (exact) mass is 354 g/mol. The van der Waals surface area contributed by atoms with Crippen molar-refractivity contribution in [2.45, 2.75) is 6.61 Å². The van der Waals surface area contributed by atoms with Gasteiger partial charge in [-0.3, -0.25) is 10.1 Å². The van der Waals surface area contributed by atoms with E-state index in [-0.39, 0.29) is 18.7 Å². The molecule has 0 aliphatic carbocycles. The van der Waals surface area contributed by atoms with E-state index >= 15 is 0 Å². The summed E-state index contributed by atoms with van der Waals surface area (Å²) in [6.07, 6.45) is -0.641. The molecule has 0 aromatic heterocycles. The average Bonchev–Trinajstić information content (AvgIpc) is 2.64. The number of aromatic carboxylic acids is 1. The first-order valence-corrected chi connectivity index (χ1v) is 7.42. The number of carboxylic acid groups (broad SMARTS) is 1. The SMILES string of the molecule is O=C(NCC#Cc1ccc([N+](=O)[O-])c(C(=O)O)c1)OCc1ccccc1. The molecule has 0 bridgehead atoms. The smallest absolute Gasteiger partial charge is 0.408 e. The number of nitro benzene ring substituents is 1. The van der Waals surface area contributed by atoms with Gasteiger partial charge in [0.1, 0.15) is 12.2 Å². The van der Waals surface area contributed by atoms with Gasteiger partial charge >= 0.3 is 12.1 Å². The van der Waals surface area contributed by atoms with Crippen LogP contribution in [0.3, 0.4) is 0 Å². The van der Waals surface area contributed by atoms with Gasteiger partial charge in [0.05, 0.1) is 11.5 Å². The molecule has 2 aromatic rings. The Hall–Kier alpha value is -3.86. The molecule has 132 valence electrons. The number of amides is 1. The Labute approximate surface area is 148 Å². The number of nitrogens with zero attached hydrogens (tertiary/aromatic N) is 1. The number of carbonyl (C=O) groups is 2. The van der Waals surface area contributed by atoms with Crippen molar-refractivity contribution >= 4 is 17.7 Å². The Balaban J connectivity index is 1.89. The van der Waals surface area contributed by atoms with E-state index in [1.807, 2.05) is 30.3 Å². The molecule has 2 rings (SSSR count). The van der Waals surface area contributed by atoms with Crippen LogP contribution in [0.4, 0.5) is 10.5 Å². The van der Waals surface area contributed by atoms with E-state index in [1.165, 1.54) is 6.07 Å². The van der Waals surface area contributed by atoms with E-state index < -0.39 is 28.2 Å². The van der Waals surface area contributed by atoms with Gasteiger partial charge in [0.25, 0.3) is 5.69 Å². The molecule has 1 amide bonds. The van der Waals surface area contributed by atoms with Gasteiger partial charge in [0, 0.05) is 11.6 Å². The lowest BCUT2D eigenvalue weighted by Crippen LogP contribution is -2.24. The summed E-state index contributed by atoms with van der Waals surface area (Å²) in [4.78, 5) is 32.6. The predicted octanol–water partition coefficient (Wildman–Crippen LogP) is 2.57. The first-order chi connectivity index (χ1) is 12.5. The summed E-state index contributed by atoms with van der Waals surface area (Å²) < 4.78 is 5.00. The van der Waals surface area contributed by atoms with Gasteiger partial charge in [-0.15, -0.1) is 0 Å². The van der Waals surface area contributed by atoms with Crippen molar-refractivity contribution in [1.29, 1.82) is 0 Å². The maximum absolute atomic E-state index is 11.5. The number of alkyl carbamates (subject to hydrolysis) is 1. The van der Waals surface area contributed by atoms with Gasteiger partial charge in [-0.05, 0) is 17.7 Å². The number of nitrogens with one attached hydrogen (secondary N) is 1. The third-order valence-corrected chi connectivity index (χ3v) is 3.19. The second-order valence-electron chi connectivity index (χ2n) is 5.01. The van der Waals surface area contributed by atoms with Crippen LogP contribution in [0.5, 0.6) is 0 Å². The summed E-state index contributed by atoms with van der Waals surface area (Å²) in [5, 5.41) is 22.2. The third kappa shape index (κ3) is 5.35. The van der Waals surface area contributed by atoms with Gasteiger partial charge in [0.2, 0.25) is 0 Å². The predicted molar refractivity (Wildman–Crippen MR) is 91.6 cm³/mol. The summed E-state index contributed by atoms with van der Waals surface area (Å²) in [6.45, 7) is 0.109. The van der Waals surface area contributed by atoms with Crippen molar-refractivity contribution in [1.82, 2.24) is 5.32 Å². The molecule has 0 saturated carbocycles. The molecule has 2 aromatic carbocycles. The molecule has 0 unspecified atom stereocenters. The van der Waals surface area contributed by atoms with Crippen molar-refractivity contribution in [3.05, 3.63) is 75.3 Å². The molecule has 8 nitrogen and oxygen atoms in total. The van der Waals surface area contributed by atoms with E-state index in [1.54, 1.807) is 0 Å². The Bertz CT molecular complexity index is 884. The summed E-state index contributed by atoms with van der Waals surface area (Å²) in [5.41, 5.74) is 0.177. The van der Waals surface area contributed by atoms with E-state index in [0.717, 1.165) is 17.7 Å². The highest BCUT2D eigenvalue weighted by atomic mass is 16.6. The van der Waals surface area contributed by atoms with Crippen LogP contribution in [-0.2, 0) is 11.3 Å². The standard InChI is InChI=1S/C18H14N2O6/c21-17(22)15-11-13(8-9-16(15)20(24)25)7-4-10-19-18(23)26-12-14-5-2-1-3-6-14/h1-3,5-6,8-9,11H,10,12H2,(H,19,23)(H,21,22). The lowest BCUT2D eigenvalue weighted by Gasteiger charge is -2.04. The van der Waals surface area contributed by atoms with E-state index in [0.29, 0.717) is 0 Å². The van der Waals surface area contributed by atoms with Crippen LogP contribution < -0.4 is 5.32 Å². The fraction of sp³-hybridized carbons (Fsp3) is 0.111. The molecule has 2 N–H and O–H groups in total. The molecule has 0 saturated heterocycles. The quantitative estimate of drug-likeness (QED) is 0.484. The second kappa shape index (κ2) is 8.84. The van der Waals surface area contributed by atoms with Crippen molar-refractivity contribution < 1.29 is 24.4 Å². The fourth-order valence-electron chi connectivity index (χ4n) is 1.98. The number of hydrogen-bond donors (Lipinski definition) is 2. The topological polar surface area (TPSA) is 119 Å². The minimum absolute atomic E-state index is 0.0208. The van der Waals surface area contributed by atoms with Crippen molar-refractivity contribution in [3.63, 3.8) is 0 Å². The lowest BCUT2D eigenvalue weighted by molar-refractivity contribution is -0.385. The second-order valence-corrected chi connectivity index (χ2v) is 5.01. The summed E-state index contributed by atoms with van der Waals surface area (Å²) >= 11 is 0. The number of hydrogen-bond acceptors (Lipinski definition) is 5. The Kier molecular flexibility index (Phi) is 6.28. The van der Waals surface area contributed by atoms with Crippen LogP contribution in [0.2, 0.25) is 0 Å². The molecular weight excluding hydrogens is 340 g/mol. The zero-order valence-electron chi connectivity index (χ0n) is 13.5. The molecule has 0 radical (unpaired) electrons. The molecule has 0 heterocycles. The zero-order chi connectivity index (χ0) is 18.9. The fourth-order valence-corrected chi connectivity index (χ4v) is 1.98. The number of rotatable bonds is 5. The minimum Gasteiger partial charge on any atom is -0.477 e. The van der Waals surface area contributed by atoms with Crippen LogP contribution in [0.25, 0.3) is 0 Å². The highest BCUT2D eigenvalue weighted by Crippen LogP contribution is 2.19. The van der Waals surface area contributed by atoms with E-state index in [2.05, 4.69) is 17.2 Å². The molecule has 0 aliphatic heterocycles. The van der Waals surface area contributed by atoms with Crippen molar-refractivity contribution in [2.75, 3.05) is 6.54 Å². The summed E-state index contributed by atoms with van der Waals surface area (Å²) in [7, 11) is 0. The van der Waals surface area contributed by atoms with Crippen LogP contribution in [0.1, 0.15) is 21.5 Å². The van der Waals surface area contributed by atoms with Gasteiger partial charge in [-0.25, -0.2) is 9.59 Å². The first-order valence-electron chi connectivity index (χ1n) is 7.42. The Morgan fingerprint density at radius 2 is 1.92 bits per heavy atom. The highest BCUT2D eigenvalue weighted by molar-refractivity contribution is 5.92. The number of ether oxygens (including phenoxy) is 1. The van der Waals surface area contributed by atoms with E-state index in [4.69, 9.17) is 9.84 Å². The molecule has 26 heavy (non-hydrogen) atoms. The van der Waals surface area contributed by atoms with Crippen LogP contribution in [0, 0.1) is 22.0 Å². The normalized spacial score (nSPS) is 9.54. The minimum atomic E-state index is -1.41. The number of benzene rings is 2. The Morgan fingerprint density at radius 3 is 2.58 bits per heavy atom. The van der Waals surface area contributed by atoms with Gasteiger partial charge in [-0.2, -0.15) is 0 Å². The highest BCUT2D eigenvalue weighted by Gasteiger charge is 2.19. The zero-order valence-corrected chi connectivity index (χ0v) is 13.5. The van der Waals surface area contributed by atoms with Crippen LogP contribution in [-0.4, -0.2) is 28.6 Å². The molecule has 0 atom stereocenters. The van der Waals surface area contributed by atoms with Gasteiger partial charge in [0.15, 0.2) is 0 Å². The van der Waals surface area contributed by atoms with Gasteiger partial charge in [-0.1, -0.05) is 42.2 Å². The molecular formula is C18H14N2O6. The number of nitro groups is 1. The van der Waals surface area contributed by atoms with Crippen LogP contribution >= 0.6 is 0 Å². The van der Waals surface area contributed by atoms with E-state index in [9.17, 15) is 19.7 Å². The third-order valence-electron chi connectivity index (χ3n) is 3.19. The Morgan fingerprint density at radius 1 is 1.19 bits per heavy atom. The molecule has 8 heteroatoms. The largest absolute Gasteiger partial charge is 0.477 e. The maximum Gasteiger partial charge on any atom is 0.408 e. The molecule has 0 spiro atoms. The van der Waals surface area contributed by atoms with Crippen LogP contribution in [0.15, 0.2) is 48.5 Å². The number of carboxylic acids is 1. The van der Waals surface area contributed by atoms with Crippen molar-refractivity contribution in [3.8, 4) is 11.8 Å². The summed E-state index contributed by atoms with van der Waals surface area (Å²) in [6, 6.07) is 12.7. The number of carbonyl (C=O) groups excluding carboxylic acids is 1. The molecule has 0 aliphatic rings. The lowest BCUT2D eigenvalue weighted by atomic mass is 10.1. The maximum atomic E-state index is 11.5.